The molecule has 4 heterocycles. The van der Waals surface area contributed by atoms with Gasteiger partial charge in [-0.05, 0) is 88.3 Å². The molecule has 9 atom stereocenters. The Bertz CT molecular complexity index is 1760. The molecule has 1 unspecified atom stereocenters. The van der Waals surface area contributed by atoms with Gasteiger partial charge in [-0.3, -0.25) is 14.5 Å². The van der Waals surface area contributed by atoms with E-state index >= 15 is 0 Å². The van der Waals surface area contributed by atoms with Crippen LogP contribution < -0.4 is 9.47 Å². The molecule has 4 aliphatic carbocycles. The molecule has 7 N–H and O–H groups in total. The van der Waals surface area contributed by atoms with Crippen molar-refractivity contribution in [2.24, 2.45) is 0 Å². The van der Waals surface area contributed by atoms with Gasteiger partial charge >= 0.3 is 0 Å². The molecule has 12 nitrogen and oxygen atoms in total. The number of aliphatic hydroxyl groups is 3. The van der Waals surface area contributed by atoms with Crippen LogP contribution in [0.3, 0.4) is 0 Å². The SMILES string of the molecule is CN1CC[C@]23c4c5ccc(O)c4O[C@H]2C(=O)C=C[C@@]3(O)[C@H]1C5.CN1CC[C@]23c4c5ccc(O)c4O[C@H]2C(=O)CC(O)[C@@]3(O)[C@H]1C5.O. The van der Waals surface area contributed by atoms with Gasteiger partial charge in [-0.25, -0.2) is 0 Å². The largest absolute Gasteiger partial charge is 0.504 e. The minimum atomic E-state index is -1.44. The second kappa shape index (κ2) is 9.09. The van der Waals surface area contributed by atoms with E-state index in [1.165, 1.54) is 6.08 Å². The van der Waals surface area contributed by atoms with Crippen LogP contribution in [0.5, 0.6) is 23.0 Å². The number of Topliss-reactive ketones (excluding diaryl/α,β-unsaturated/α-hetero) is 1. The van der Waals surface area contributed by atoms with E-state index in [1.807, 2.05) is 26.2 Å². The highest BCUT2D eigenvalue weighted by molar-refractivity contribution is 5.99. The lowest BCUT2D eigenvalue weighted by Gasteiger charge is -2.63. The minimum Gasteiger partial charge on any atom is -0.504 e. The molecule has 8 aliphatic rings. The van der Waals surface area contributed by atoms with Gasteiger partial charge in [-0.2, -0.15) is 0 Å². The third kappa shape index (κ3) is 3.02. The first-order chi connectivity index (χ1) is 21.4. The molecular weight excluding hydrogens is 596 g/mol. The van der Waals surface area contributed by atoms with Crippen molar-refractivity contribution in [1.82, 2.24) is 9.80 Å². The van der Waals surface area contributed by atoms with Crippen molar-refractivity contribution in [2.75, 3.05) is 27.2 Å². The van der Waals surface area contributed by atoms with E-state index in [0.717, 1.165) is 28.8 Å². The number of piperidine rings is 2. The van der Waals surface area contributed by atoms with Crippen LogP contribution in [0, 0.1) is 0 Å². The van der Waals surface area contributed by atoms with Gasteiger partial charge in [0.1, 0.15) is 11.2 Å². The summed E-state index contributed by atoms with van der Waals surface area (Å²) >= 11 is 0. The van der Waals surface area contributed by atoms with E-state index in [1.54, 1.807) is 18.2 Å². The third-order valence-electron chi connectivity index (χ3n) is 12.7. The molecule has 0 radical (unpaired) electrons. The number of nitrogens with zero attached hydrogens (tertiary/aromatic N) is 2. The molecular formula is C34H38N2O10. The van der Waals surface area contributed by atoms with E-state index < -0.39 is 40.3 Å². The number of carbonyl (C=O) groups is 2. The van der Waals surface area contributed by atoms with Crippen LogP contribution in [-0.2, 0) is 33.3 Å². The maximum Gasteiger partial charge on any atom is 0.196 e. The number of ether oxygens (including phenoxy) is 2. The van der Waals surface area contributed by atoms with Crippen molar-refractivity contribution in [1.29, 1.82) is 0 Å². The Hall–Kier alpha value is -3.52. The van der Waals surface area contributed by atoms with Gasteiger partial charge in [-0.15, -0.1) is 0 Å². The second-order valence-corrected chi connectivity index (χ2v) is 14.3. The second-order valence-electron chi connectivity index (χ2n) is 14.3. The Morgan fingerprint density at radius 2 is 1.33 bits per heavy atom. The molecule has 12 heteroatoms. The predicted molar refractivity (Wildman–Crippen MR) is 161 cm³/mol. The maximum atomic E-state index is 12.6. The van der Waals surface area contributed by atoms with E-state index in [0.29, 0.717) is 43.7 Å². The molecule has 2 saturated heterocycles. The number of hydrogen-bond acceptors (Lipinski definition) is 11. The highest BCUT2D eigenvalue weighted by Gasteiger charge is 2.76. The van der Waals surface area contributed by atoms with Crippen molar-refractivity contribution >= 4 is 11.6 Å². The fourth-order valence-corrected chi connectivity index (χ4v) is 10.7. The Morgan fingerprint density at radius 1 is 0.783 bits per heavy atom. The first kappa shape index (κ1) is 29.9. The zero-order chi connectivity index (χ0) is 31.4. The lowest BCUT2D eigenvalue weighted by Crippen LogP contribution is -2.80. The predicted octanol–water partition coefficient (Wildman–Crippen LogP) is -0.587. The van der Waals surface area contributed by atoms with Crippen molar-refractivity contribution in [3.63, 3.8) is 0 Å². The average molecular weight is 635 g/mol. The molecule has 2 spiro atoms. The molecule has 4 aliphatic heterocycles. The first-order valence-corrected chi connectivity index (χ1v) is 15.7. The van der Waals surface area contributed by atoms with E-state index in [-0.39, 0.29) is 47.0 Å². The van der Waals surface area contributed by atoms with Crippen LogP contribution in [0.4, 0.5) is 0 Å². The van der Waals surface area contributed by atoms with E-state index in [2.05, 4.69) is 9.80 Å². The normalized spacial score (nSPS) is 41.7. The summed E-state index contributed by atoms with van der Waals surface area (Å²) in [5.41, 5.74) is -0.653. The third-order valence-corrected chi connectivity index (χ3v) is 12.7. The highest BCUT2D eigenvalue weighted by atomic mass is 16.5. The maximum absolute atomic E-state index is 12.6. The number of likely N-dealkylation sites (tertiary alicyclic amines) is 2. The van der Waals surface area contributed by atoms with Gasteiger partial charge in [0.15, 0.2) is 46.8 Å². The summed E-state index contributed by atoms with van der Waals surface area (Å²) < 4.78 is 11.8. The number of carbonyl (C=O) groups excluding carboxylic acids is 2. The van der Waals surface area contributed by atoms with Gasteiger partial charge in [-0.1, -0.05) is 12.1 Å². The van der Waals surface area contributed by atoms with Gasteiger partial charge in [0.25, 0.3) is 0 Å². The Kier molecular flexibility index (Phi) is 5.90. The smallest absolute Gasteiger partial charge is 0.196 e. The van der Waals surface area contributed by atoms with Gasteiger partial charge in [0.2, 0.25) is 0 Å². The zero-order valence-corrected chi connectivity index (χ0v) is 25.6. The summed E-state index contributed by atoms with van der Waals surface area (Å²) in [6.07, 6.45) is 2.73. The number of aliphatic hydroxyl groups excluding tert-OH is 1. The van der Waals surface area contributed by atoms with Crippen LogP contribution >= 0.6 is 0 Å². The lowest BCUT2D eigenvalue weighted by molar-refractivity contribution is -0.226. The molecule has 0 amide bonds. The van der Waals surface area contributed by atoms with E-state index in [4.69, 9.17) is 9.47 Å². The molecule has 2 aromatic carbocycles. The van der Waals surface area contributed by atoms with Crippen LogP contribution in [-0.4, -0.2) is 121 Å². The summed E-state index contributed by atoms with van der Waals surface area (Å²) in [6, 6.07) is 6.60. The number of likely N-dealkylation sites (N-methyl/N-ethyl adjacent to an activating group) is 2. The van der Waals surface area contributed by atoms with E-state index in [9.17, 15) is 35.1 Å². The molecule has 0 aromatic heterocycles. The molecule has 2 aromatic rings. The fraction of sp³-hybridized carbons (Fsp3) is 0.529. The fourth-order valence-electron chi connectivity index (χ4n) is 10.7. The topological polar surface area (TPSA) is 192 Å². The van der Waals surface area contributed by atoms with Crippen LogP contribution in [0.2, 0.25) is 0 Å². The van der Waals surface area contributed by atoms with Crippen LogP contribution in [0.15, 0.2) is 36.4 Å². The van der Waals surface area contributed by atoms with Gasteiger partial charge in [0, 0.05) is 29.6 Å². The molecule has 1 saturated carbocycles. The Balaban J connectivity index is 0.000000133. The Morgan fingerprint density at radius 3 is 1.98 bits per heavy atom. The van der Waals surface area contributed by atoms with Gasteiger partial charge < -0.3 is 45.4 Å². The van der Waals surface area contributed by atoms with Crippen molar-refractivity contribution < 1.29 is 50.1 Å². The summed E-state index contributed by atoms with van der Waals surface area (Å²) in [6.45, 7) is 1.50. The summed E-state index contributed by atoms with van der Waals surface area (Å²) in [7, 11) is 3.95. The molecule has 10 rings (SSSR count). The molecule has 3 fully saturated rings. The zero-order valence-electron chi connectivity index (χ0n) is 25.6. The molecule has 244 valence electrons. The highest BCUT2D eigenvalue weighted by Crippen LogP contribution is 2.65. The van der Waals surface area contributed by atoms with Crippen molar-refractivity contribution in [2.45, 2.75) is 84.5 Å². The van der Waals surface area contributed by atoms with Crippen molar-refractivity contribution in [3.8, 4) is 23.0 Å². The number of ketones is 2. The summed E-state index contributed by atoms with van der Waals surface area (Å²) in [4.78, 5) is 29.2. The number of aromatic hydroxyl groups is 2. The minimum absolute atomic E-state index is 0. The average Bonchev–Trinajstić information content (AvgIpc) is 3.55. The van der Waals surface area contributed by atoms with Crippen LogP contribution in [0.1, 0.15) is 41.5 Å². The number of benzene rings is 2. The quantitative estimate of drug-likeness (QED) is 0.249. The molecule has 46 heavy (non-hydrogen) atoms. The number of rotatable bonds is 0. The molecule has 4 bridgehead atoms. The number of phenolic OH excluding ortho intramolecular Hbond substituents is 2. The summed E-state index contributed by atoms with van der Waals surface area (Å²) in [5, 5.41) is 54.3. The monoisotopic (exact) mass is 634 g/mol. The van der Waals surface area contributed by atoms with Crippen LogP contribution in [0.25, 0.3) is 0 Å². The van der Waals surface area contributed by atoms with Gasteiger partial charge in [0.05, 0.1) is 16.9 Å². The Labute approximate surface area is 264 Å². The number of hydrogen-bond donors (Lipinski definition) is 5. The summed E-state index contributed by atoms with van der Waals surface area (Å²) in [5.74, 6) is 0.423. The lowest BCUT2D eigenvalue weighted by atomic mass is 9.48. The van der Waals surface area contributed by atoms with Crippen molar-refractivity contribution in [3.05, 3.63) is 58.7 Å². The number of phenols is 2. The standard InChI is InChI=1S/C17H19NO5.C17H17NO4.H2O/c1-18-5-4-16-13-8-2-3-9(19)14(13)23-15(16)10(20)7-12(21)17(16,22)11(18)6-8;1-18-7-6-16-13-9-2-3-10(19)14(13)22-15(16)11(20)4-5-17(16,21)12(18)8-9;/h2-3,11-12,15,19,21-22H,4-7H2,1H3;2-5,12,15,19,21H,6-8H2,1H3;1H2/t11-,12?,15+,16+,17+;12-,15+,16+,17-;/m11./s1. The first-order valence-electron chi connectivity index (χ1n) is 15.7.